The minimum atomic E-state index is -4.08. The molecule has 0 saturated carbocycles. The van der Waals surface area contributed by atoms with Gasteiger partial charge in [0.2, 0.25) is 0 Å². The first-order valence-electron chi connectivity index (χ1n) is 5.81. The maximum atomic E-state index is 11.9. The Kier molecular flexibility index (Phi) is 8.28. The highest BCUT2D eigenvalue weighted by Gasteiger charge is 2.27. The maximum absolute atomic E-state index is 11.9. The number of nitrogens with one attached hydrogen (secondary N) is 1. The Labute approximate surface area is 101 Å². The van der Waals surface area contributed by atoms with Crippen LogP contribution < -0.4 is 5.32 Å². The highest BCUT2D eigenvalue weighted by molar-refractivity contribution is 8.00. The lowest BCUT2D eigenvalue weighted by molar-refractivity contribution is -0.0328. The Balaban J connectivity index is 3.68. The average Bonchev–Trinajstić information content (AvgIpc) is 2.14. The Bertz CT molecular complexity index is 171. The summed E-state index contributed by atoms with van der Waals surface area (Å²) in [4.78, 5) is 0. The van der Waals surface area contributed by atoms with Crippen LogP contribution in [0.5, 0.6) is 0 Å². The van der Waals surface area contributed by atoms with E-state index >= 15 is 0 Å². The van der Waals surface area contributed by atoms with Crippen LogP contribution in [0.1, 0.15) is 40.0 Å². The number of rotatable bonds is 8. The lowest BCUT2D eigenvalue weighted by atomic mass is 9.99. The summed E-state index contributed by atoms with van der Waals surface area (Å²) in [5.41, 5.74) is -4.08. The highest BCUT2D eigenvalue weighted by Crippen LogP contribution is 2.31. The minimum Gasteiger partial charge on any atom is -0.314 e. The molecule has 0 aliphatic rings. The molecule has 0 heterocycles. The van der Waals surface area contributed by atoms with E-state index in [1.807, 2.05) is 0 Å². The summed E-state index contributed by atoms with van der Waals surface area (Å²) in [6.07, 6.45) is 2.49. The van der Waals surface area contributed by atoms with Crippen molar-refractivity contribution < 1.29 is 13.2 Å². The molecule has 0 aliphatic carbocycles. The summed E-state index contributed by atoms with van der Waals surface area (Å²) in [7, 11) is 0. The average molecular weight is 257 g/mol. The highest BCUT2D eigenvalue weighted by atomic mass is 32.2. The molecule has 5 heteroatoms. The molecule has 0 fully saturated rings. The minimum absolute atomic E-state index is 0.0833. The first-order valence-corrected chi connectivity index (χ1v) is 6.79. The van der Waals surface area contributed by atoms with E-state index in [1.54, 1.807) is 0 Å². The van der Waals surface area contributed by atoms with Crippen molar-refractivity contribution in [2.75, 3.05) is 12.3 Å². The molecule has 98 valence electrons. The molecule has 0 rings (SSSR count). The van der Waals surface area contributed by atoms with Gasteiger partial charge >= 0.3 is 5.51 Å². The van der Waals surface area contributed by atoms with Gasteiger partial charge in [-0.15, -0.1) is 0 Å². The van der Waals surface area contributed by atoms with Gasteiger partial charge in [-0.05, 0) is 31.7 Å². The third-order valence-electron chi connectivity index (χ3n) is 2.39. The van der Waals surface area contributed by atoms with Gasteiger partial charge in [0.15, 0.2) is 0 Å². The van der Waals surface area contributed by atoms with Gasteiger partial charge in [-0.25, -0.2) is 0 Å². The van der Waals surface area contributed by atoms with Gasteiger partial charge < -0.3 is 5.32 Å². The third kappa shape index (κ3) is 9.33. The molecule has 1 nitrogen and oxygen atoms in total. The van der Waals surface area contributed by atoms with Crippen LogP contribution in [-0.2, 0) is 0 Å². The van der Waals surface area contributed by atoms with E-state index < -0.39 is 5.51 Å². The molecular weight excluding hydrogens is 235 g/mol. The predicted molar refractivity (Wildman–Crippen MR) is 64.7 cm³/mol. The van der Waals surface area contributed by atoms with E-state index in [2.05, 4.69) is 26.1 Å². The fraction of sp³-hybridized carbons (Fsp3) is 1.00. The summed E-state index contributed by atoms with van der Waals surface area (Å²) in [5.74, 6) is 0.642. The van der Waals surface area contributed by atoms with Crippen molar-refractivity contribution in [1.29, 1.82) is 0 Å². The van der Waals surface area contributed by atoms with E-state index in [9.17, 15) is 13.2 Å². The van der Waals surface area contributed by atoms with Crippen molar-refractivity contribution in [2.24, 2.45) is 5.92 Å². The largest absolute Gasteiger partial charge is 0.441 e. The second-order valence-electron chi connectivity index (χ2n) is 4.24. The Hall–Kier alpha value is 0.100. The Morgan fingerprint density at radius 2 is 1.88 bits per heavy atom. The fourth-order valence-corrected chi connectivity index (χ4v) is 2.03. The molecule has 0 saturated heterocycles. The van der Waals surface area contributed by atoms with E-state index in [0.717, 1.165) is 19.4 Å². The van der Waals surface area contributed by atoms with Crippen molar-refractivity contribution in [3.8, 4) is 0 Å². The van der Waals surface area contributed by atoms with Gasteiger partial charge in [-0.1, -0.05) is 32.5 Å². The Morgan fingerprint density at radius 1 is 1.25 bits per heavy atom. The van der Waals surface area contributed by atoms with E-state index in [4.69, 9.17) is 0 Å². The van der Waals surface area contributed by atoms with Crippen LogP contribution in [0, 0.1) is 5.92 Å². The molecule has 16 heavy (non-hydrogen) atoms. The normalized spacial score (nSPS) is 14.4. The summed E-state index contributed by atoms with van der Waals surface area (Å²) >= 11 is 0.0833. The summed E-state index contributed by atoms with van der Waals surface area (Å²) in [6, 6.07) is 0.341. The summed E-state index contributed by atoms with van der Waals surface area (Å²) in [5, 5.41) is 3.38. The van der Waals surface area contributed by atoms with Gasteiger partial charge in [0.05, 0.1) is 0 Å². The number of thioether (sulfide) groups is 1. The van der Waals surface area contributed by atoms with Gasteiger partial charge in [0, 0.05) is 11.8 Å². The summed E-state index contributed by atoms with van der Waals surface area (Å²) < 4.78 is 35.7. The van der Waals surface area contributed by atoms with Crippen LogP contribution in [0.3, 0.4) is 0 Å². The molecule has 0 aromatic rings. The maximum Gasteiger partial charge on any atom is 0.441 e. The molecule has 1 unspecified atom stereocenters. The number of alkyl halides is 3. The van der Waals surface area contributed by atoms with E-state index in [0.29, 0.717) is 18.4 Å². The molecule has 0 amide bonds. The van der Waals surface area contributed by atoms with Gasteiger partial charge in [-0.3, -0.25) is 0 Å². The zero-order valence-corrected chi connectivity index (χ0v) is 11.0. The lowest BCUT2D eigenvalue weighted by Gasteiger charge is -2.22. The molecule has 1 atom stereocenters. The van der Waals surface area contributed by atoms with Crippen molar-refractivity contribution in [3.05, 3.63) is 0 Å². The van der Waals surface area contributed by atoms with Crippen LogP contribution in [0.15, 0.2) is 0 Å². The fourth-order valence-electron chi connectivity index (χ4n) is 1.49. The van der Waals surface area contributed by atoms with Crippen LogP contribution in [0.25, 0.3) is 0 Å². The number of hydrogen-bond donors (Lipinski definition) is 1. The molecule has 1 N–H and O–H groups in total. The van der Waals surface area contributed by atoms with Crippen molar-refractivity contribution >= 4 is 11.8 Å². The standard InChI is InChI=1S/C11H22F3NS/c1-4-7-15-10(9(2)3)6-5-8-16-11(12,13)14/h9-10,15H,4-8H2,1-3H3. The quantitative estimate of drug-likeness (QED) is 0.658. The molecule has 0 radical (unpaired) electrons. The van der Waals surface area contributed by atoms with Gasteiger partial charge in [0.25, 0.3) is 0 Å². The molecule has 0 spiro atoms. The molecule has 0 aromatic heterocycles. The van der Waals surface area contributed by atoms with Gasteiger partial charge in [0.1, 0.15) is 0 Å². The van der Waals surface area contributed by atoms with Crippen LogP contribution in [-0.4, -0.2) is 23.8 Å². The van der Waals surface area contributed by atoms with E-state index in [-0.39, 0.29) is 17.5 Å². The first-order chi connectivity index (χ1) is 7.37. The third-order valence-corrected chi connectivity index (χ3v) is 3.21. The van der Waals surface area contributed by atoms with E-state index in [1.165, 1.54) is 0 Å². The Morgan fingerprint density at radius 3 is 2.31 bits per heavy atom. The number of halogens is 3. The van der Waals surface area contributed by atoms with Crippen molar-refractivity contribution in [2.45, 2.75) is 51.6 Å². The van der Waals surface area contributed by atoms with Crippen LogP contribution >= 0.6 is 11.8 Å². The molecule has 0 bridgehead atoms. The van der Waals surface area contributed by atoms with Crippen LogP contribution in [0.4, 0.5) is 13.2 Å². The smallest absolute Gasteiger partial charge is 0.314 e. The SMILES string of the molecule is CCCNC(CCCSC(F)(F)F)C(C)C. The zero-order valence-electron chi connectivity index (χ0n) is 10.2. The number of hydrogen-bond acceptors (Lipinski definition) is 2. The molecule has 0 aromatic carbocycles. The summed E-state index contributed by atoms with van der Waals surface area (Å²) in [6.45, 7) is 7.23. The monoisotopic (exact) mass is 257 g/mol. The van der Waals surface area contributed by atoms with Crippen molar-refractivity contribution in [3.63, 3.8) is 0 Å². The predicted octanol–water partition coefficient (Wildman–Crippen LogP) is 4.04. The second kappa shape index (κ2) is 8.23. The van der Waals surface area contributed by atoms with Crippen molar-refractivity contribution in [1.82, 2.24) is 5.32 Å². The molecule has 0 aliphatic heterocycles. The zero-order chi connectivity index (χ0) is 12.6. The van der Waals surface area contributed by atoms with Gasteiger partial charge in [-0.2, -0.15) is 13.2 Å². The first kappa shape index (κ1) is 16.1. The van der Waals surface area contributed by atoms with Crippen LogP contribution in [0.2, 0.25) is 0 Å². The topological polar surface area (TPSA) is 12.0 Å². The second-order valence-corrected chi connectivity index (χ2v) is 5.40. The lowest BCUT2D eigenvalue weighted by Crippen LogP contribution is -2.34. The molecular formula is C11H22F3NS.